The first-order valence-electron chi connectivity index (χ1n) is 7.59. The number of nitrogens with zero attached hydrogens (tertiary/aromatic N) is 3. The fraction of sp³-hybridized carbons (Fsp3) is 0.667. The second kappa shape index (κ2) is 8.06. The lowest BCUT2D eigenvalue weighted by molar-refractivity contribution is 0.640. The van der Waals surface area contributed by atoms with Gasteiger partial charge in [0.05, 0.1) is 5.69 Å². The van der Waals surface area contributed by atoms with Crippen molar-refractivity contribution in [3.05, 3.63) is 17.3 Å². The van der Waals surface area contributed by atoms with Crippen LogP contribution in [0, 0.1) is 0 Å². The lowest BCUT2D eigenvalue weighted by atomic mass is 10.2. The van der Waals surface area contributed by atoms with Gasteiger partial charge in [0.1, 0.15) is 0 Å². The number of aromatic nitrogens is 2. The molecule has 0 radical (unpaired) electrons. The summed E-state index contributed by atoms with van der Waals surface area (Å²) in [4.78, 5) is 8.31. The predicted octanol–water partition coefficient (Wildman–Crippen LogP) is 3.47. The highest BCUT2D eigenvalue weighted by Crippen LogP contribution is 2.26. The molecular formula is C15H26N4S2. The smallest absolute Gasteiger partial charge is 0.195 e. The van der Waals surface area contributed by atoms with E-state index in [0.717, 1.165) is 42.5 Å². The number of nitrogens with one attached hydrogen (secondary N) is 1. The van der Waals surface area contributed by atoms with Gasteiger partial charge in [0.25, 0.3) is 0 Å². The Morgan fingerprint density at radius 3 is 2.95 bits per heavy atom. The molecule has 0 aromatic carbocycles. The molecule has 4 nitrogen and oxygen atoms in total. The number of rotatable bonds is 9. The number of hydrogen-bond acceptors (Lipinski definition) is 5. The van der Waals surface area contributed by atoms with Crippen molar-refractivity contribution in [2.24, 2.45) is 0 Å². The van der Waals surface area contributed by atoms with Crippen LogP contribution in [0.25, 0.3) is 4.96 Å². The third kappa shape index (κ3) is 3.73. The van der Waals surface area contributed by atoms with E-state index >= 15 is 0 Å². The summed E-state index contributed by atoms with van der Waals surface area (Å²) in [6.45, 7) is 6.37. The van der Waals surface area contributed by atoms with Gasteiger partial charge in [0.15, 0.2) is 10.8 Å². The molecule has 2 heterocycles. The summed E-state index contributed by atoms with van der Waals surface area (Å²) in [6, 6.07) is 0.537. The Labute approximate surface area is 135 Å². The average Bonchev–Trinajstić information content (AvgIpc) is 3.06. The molecule has 0 aliphatic heterocycles. The molecule has 0 aliphatic carbocycles. The summed E-state index contributed by atoms with van der Waals surface area (Å²) < 4.78 is 2.23. The van der Waals surface area contributed by atoms with Crippen molar-refractivity contribution >= 4 is 33.9 Å². The Morgan fingerprint density at radius 2 is 2.29 bits per heavy atom. The molecule has 118 valence electrons. The van der Waals surface area contributed by atoms with Gasteiger partial charge < -0.3 is 10.2 Å². The van der Waals surface area contributed by atoms with Crippen molar-refractivity contribution in [1.82, 2.24) is 14.7 Å². The molecule has 2 aromatic heterocycles. The first-order valence-corrected chi connectivity index (χ1v) is 9.87. The van der Waals surface area contributed by atoms with E-state index in [4.69, 9.17) is 4.98 Å². The average molecular weight is 327 g/mol. The van der Waals surface area contributed by atoms with Gasteiger partial charge in [-0.2, -0.15) is 11.8 Å². The third-order valence-electron chi connectivity index (χ3n) is 3.77. The minimum Gasteiger partial charge on any atom is -0.354 e. The Kier molecular flexibility index (Phi) is 6.39. The highest BCUT2D eigenvalue weighted by Gasteiger charge is 2.21. The van der Waals surface area contributed by atoms with Gasteiger partial charge in [-0.1, -0.05) is 13.8 Å². The summed E-state index contributed by atoms with van der Waals surface area (Å²) in [5, 5.41) is 5.62. The molecule has 1 atom stereocenters. The normalized spacial score (nSPS) is 13.0. The summed E-state index contributed by atoms with van der Waals surface area (Å²) in [6.07, 6.45) is 6.60. The first-order chi connectivity index (χ1) is 10.2. The number of anilines is 1. The zero-order valence-electron chi connectivity index (χ0n) is 13.4. The lowest BCUT2D eigenvalue weighted by Crippen LogP contribution is -2.34. The minimum atomic E-state index is 0.537. The van der Waals surface area contributed by atoms with Crippen LogP contribution in [0.5, 0.6) is 0 Å². The molecular weight excluding hydrogens is 300 g/mol. The van der Waals surface area contributed by atoms with Crippen molar-refractivity contribution in [1.29, 1.82) is 0 Å². The highest BCUT2D eigenvalue weighted by molar-refractivity contribution is 7.98. The monoisotopic (exact) mass is 326 g/mol. The molecule has 2 rings (SSSR count). The zero-order chi connectivity index (χ0) is 15.2. The van der Waals surface area contributed by atoms with Crippen LogP contribution in [0.3, 0.4) is 0 Å². The summed E-state index contributed by atoms with van der Waals surface area (Å²) in [7, 11) is 2.18. The molecule has 21 heavy (non-hydrogen) atoms. The molecule has 0 bridgehead atoms. The molecule has 1 N–H and O–H groups in total. The van der Waals surface area contributed by atoms with Crippen molar-refractivity contribution in [2.45, 2.75) is 39.3 Å². The second-order valence-corrected chi connectivity index (χ2v) is 7.03. The van der Waals surface area contributed by atoms with Crippen LogP contribution in [0.1, 0.15) is 32.4 Å². The van der Waals surface area contributed by atoms with Gasteiger partial charge >= 0.3 is 0 Å². The van der Waals surface area contributed by atoms with E-state index in [-0.39, 0.29) is 0 Å². The molecule has 0 saturated carbocycles. The molecule has 0 saturated heterocycles. The van der Waals surface area contributed by atoms with Gasteiger partial charge in [0.2, 0.25) is 0 Å². The molecule has 0 fully saturated rings. The summed E-state index contributed by atoms with van der Waals surface area (Å²) in [5.41, 5.74) is 1.28. The Morgan fingerprint density at radius 1 is 1.48 bits per heavy atom. The van der Waals surface area contributed by atoms with E-state index in [1.165, 1.54) is 5.69 Å². The number of fused-ring (bicyclic) bond motifs is 1. The predicted molar refractivity (Wildman–Crippen MR) is 95.9 cm³/mol. The molecule has 1 unspecified atom stereocenters. The maximum atomic E-state index is 4.86. The standard InChI is InChI=1S/C15H26N4S2/c1-5-7-16-10-13-14(17-15-19(13)8-9-21-15)18(3)12(6-2)11-20-4/h8-9,12,16H,5-7,10-11H2,1-4H3. The van der Waals surface area contributed by atoms with Crippen molar-refractivity contribution in [2.75, 3.05) is 30.5 Å². The number of imidazole rings is 1. The van der Waals surface area contributed by atoms with Crippen LogP contribution in [-0.2, 0) is 6.54 Å². The Balaban J connectivity index is 2.28. The van der Waals surface area contributed by atoms with Crippen LogP contribution >= 0.6 is 23.1 Å². The number of thioether (sulfide) groups is 1. The Hall–Kier alpha value is -0.720. The van der Waals surface area contributed by atoms with Crippen LogP contribution in [0.4, 0.5) is 5.82 Å². The van der Waals surface area contributed by atoms with Gasteiger partial charge in [-0.05, 0) is 25.6 Å². The second-order valence-electron chi connectivity index (χ2n) is 5.24. The Bertz CT molecular complexity index is 549. The maximum Gasteiger partial charge on any atom is 0.195 e. The van der Waals surface area contributed by atoms with E-state index < -0.39 is 0 Å². The van der Waals surface area contributed by atoms with Crippen LogP contribution in [-0.4, -0.2) is 41.0 Å². The van der Waals surface area contributed by atoms with E-state index in [0.29, 0.717) is 6.04 Å². The van der Waals surface area contributed by atoms with Crippen molar-refractivity contribution in [3.63, 3.8) is 0 Å². The van der Waals surface area contributed by atoms with Crippen LogP contribution < -0.4 is 10.2 Å². The molecule has 0 aliphatic rings. The fourth-order valence-corrected chi connectivity index (χ4v) is 4.09. The van der Waals surface area contributed by atoms with Gasteiger partial charge in [-0.3, -0.25) is 4.40 Å². The maximum absolute atomic E-state index is 4.86. The fourth-order valence-electron chi connectivity index (χ4n) is 2.52. The van der Waals surface area contributed by atoms with Crippen molar-refractivity contribution < 1.29 is 0 Å². The lowest BCUT2D eigenvalue weighted by Gasteiger charge is -2.27. The van der Waals surface area contributed by atoms with E-state index in [9.17, 15) is 0 Å². The number of hydrogen-bond donors (Lipinski definition) is 1. The summed E-state index contributed by atoms with van der Waals surface area (Å²) >= 11 is 3.61. The molecule has 0 spiro atoms. The number of thiazole rings is 1. The molecule has 0 amide bonds. The SMILES string of the molecule is CCCNCc1c(N(C)C(CC)CSC)nc2sccn12. The van der Waals surface area contributed by atoms with Gasteiger partial charge in [0, 0.05) is 37.0 Å². The van der Waals surface area contributed by atoms with Crippen LogP contribution in [0.15, 0.2) is 11.6 Å². The first kappa shape index (κ1) is 16.6. The molecule has 6 heteroatoms. The largest absolute Gasteiger partial charge is 0.354 e. The van der Waals surface area contributed by atoms with E-state index in [1.54, 1.807) is 11.3 Å². The van der Waals surface area contributed by atoms with Crippen molar-refractivity contribution in [3.8, 4) is 0 Å². The summed E-state index contributed by atoms with van der Waals surface area (Å²) in [5.74, 6) is 2.27. The van der Waals surface area contributed by atoms with E-state index in [1.807, 2.05) is 11.8 Å². The zero-order valence-corrected chi connectivity index (χ0v) is 15.1. The minimum absolute atomic E-state index is 0.537. The molecule has 2 aromatic rings. The van der Waals surface area contributed by atoms with Crippen LogP contribution in [0.2, 0.25) is 0 Å². The highest BCUT2D eigenvalue weighted by atomic mass is 32.2. The van der Waals surface area contributed by atoms with Gasteiger partial charge in [-0.15, -0.1) is 11.3 Å². The quantitative estimate of drug-likeness (QED) is 0.715. The van der Waals surface area contributed by atoms with E-state index in [2.05, 4.69) is 53.3 Å². The third-order valence-corrected chi connectivity index (χ3v) is 5.25. The topological polar surface area (TPSA) is 32.6 Å². The van der Waals surface area contributed by atoms with Gasteiger partial charge in [-0.25, -0.2) is 4.98 Å².